The van der Waals surface area contributed by atoms with Crippen LogP contribution in [0.25, 0.3) is 0 Å². The summed E-state index contributed by atoms with van der Waals surface area (Å²) in [4.78, 5) is 21.1. The number of nitrogens with zero attached hydrogens (tertiary/aromatic N) is 1. The highest BCUT2D eigenvalue weighted by Crippen LogP contribution is 2.00. The molecule has 60 valence electrons. The molecule has 11 heavy (non-hydrogen) atoms. The second kappa shape index (κ2) is 2.62. The third-order valence-electron chi connectivity index (χ3n) is 1.22. The Bertz CT molecular complexity index is 215. The van der Waals surface area contributed by atoms with E-state index in [9.17, 15) is 9.59 Å². The fraction of sp³-hybridized carbons (Fsp3) is 0.500. The van der Waals surface area contributed by atoms with Gasteiger partial charge in [-0.15, -0.1) is 0 Å². The molecule has 0 bridgehead atoms. The van der Waals surface area contributed by atoms with E-state index in [1.807, 2.05) is 10.6 Å². The van der Waals surface area contributed by atoms with Crippen LogP contribution in [0.1, 0.15) is 0 Å². The molecule has 1 fully saturated rings. The van der Waals surface area contributed by atoms with Gasteiger partial charge in [0.25, 0.3) is 5.91 Å². The van der Waals surface area contributed by atoms with Crippen LogP contribution < -0.4 is 10.6 Å². The highest BCUT2D eigenvalue weighted by Gasteiger charge is 2.33. The Labute approximate surface area is 61.3 Å². The predicted molar refractivity (Wildman–Crippen MR) is 31.6 cm³/mol. The molecule has 2 atom stereocenters. The zero-order valence-electron chi connectivity index (χ0n) is 5.37. The van der Waals surface area contributed by atoms with Crippen molar-refractivity contribution in [3.05, 3.63) is 0 Å². The number of carbonyl (C=O) groups is 2. The minimum absolute atomic E-state index is 0.767. The summed E-state index contributed by atoms with van der Waals surface area (Å²) in [6.45, 7) is 0. The van der Waals surface area contributed by atoms with Crippen LogP contribution in [0, 0.1) is 5.53 Å². The number of hydrogen-bond donors (Lipinski definition) is 4. The molecule has 1 aliphatic heterocycles. The molecule has 1 heterocycles. The first-order valence-corrected chi connectivity index (χ1v) is 2.81. The SMILES string of the molecule is N=NC1C(=O)NC(=O)NC1O. The zero-order valence-corrected chi connectivity index (χ0v) is 5.37. The molecule has 7 heteroatoms. The van der Waals surface area contributed by atoms with E-state index in [4.69, 9.17) is 10.6 Å². The van der Waals surface area contributed by atoms with E-state index in [0.717, 1.165) is 0 Å². The number of amides is 3. The van der Waals surface area contributed by atoms with Gasteiger partial charge < -0.3 is 10.4 Å². The van der Waals surface area contributed by atoms with Crippen molar-refractivity contribution in [3.8, 4) is 0 Å². The Balaban J connectivity index is 2.74. The second-order valence-corrected chi connectivity index (χ2v) is 1.98. The van der Waals surface area contributed by atoms with E-state index in [2.05, 4.69) is 5.11 Å². The highest BCUT2D eigenvalue weighted by atomic mass is 16.3. The summed E-state index contributed by atoms with van der Waals surface area (Å²) in [6.07, 6.45) is -1.39. The second-order valence-electron chi connectivity index (χ2n) is 1.98. The van der Waals surface area contributed by atoms with Gasteiger partial charge >= 0.3 is 6.03 Å². The fourth-order valence-corrected chi connectivity index (χ4v) is 0.708. The van der Waals surface area contributed by atoms with Gasteiger partial charge in [0.15, 0.2) is 12.3 Å². The van der Waals surface area contributed by atoms with Gasteiger partial charge in [0.05, 0.1) is 0 Å². The maximum absolute atomic E-state index is 10.7. The number of carbonyl (C=O) groups excluding carboxylic acids is 2. The monoisotopic (exact) mass is 158 g/mol. The molecule has 4 N–H and O–H groups in total. The number of nitrogens with one attached hydrogen (secondary N) is 3. The van der Waals surface area contributed by atoms with Crippen molar-refractivity contribution in [2.24, 2.45) is 5.11 Å². The molecule has 1 rings (SSSR count). The number of aliphatic hydroxyl groups excluding tert-OH is 1. The summed E-state index contributed by atoms with van der Waals surface area (Å²) >= 11 is 0. The van der Waals surface area contributed by atoms with Crippen molar-refractivity contribution >= 4 is 11.9 Å². The maximum Gasteiger partial charge on any atom is 0.323 e. The lowest BCUT2D eigenvalue weighted by Crippen LogP contribution is -2.60. The van der Waals surface area contributed by atoms with Crippen LogP contribution in [0.5, 0.6) is 0 Å². The van der Waals surface area contributed by atoms with Gasteiger partial charge in [0, 0.05) is 0 Å². The molecular formula is C4H6N4O3. The topological polar surface area (TPSA) is 115 Å². The molecule has 0 aliphatic carbocycles. The van der Waals surface area contributed by atoms with Gasteiger partial charge in [-0.25, -0.2) is 10.3 Å². The van der Waals surface area contributed by atoms with Crippen LogP contribution in [-0.2, 0) is 4.79 Å². The van der Waals surface area contributed by atoms with Crippen LogP contribution in [0.4, 0.5) is 4.79 Å². The predicted octanol–water partition coefficient (Wildman–Crippen LogP) is -1.46. The number of rotatable bonds is 1. The van der Waals surface area contributed by atoms with Crippen molar-refractivity contribution in [1.29, 1.82) is 5.53 Å². The molecule has 0 aromatic carbocycles. The van der Waals surface area contributed by atoms with Gasteiger partial charge in [-0.3, -0.25) is 10.1 Å². The molecule has 3 amide bonds. The van der Waals surface area contributed by atoms with Crippen LogP contribution >= 0.6 is 0 Å². The Morgan fingerprint density at radius 2 is 2.18 bits per heavy atom. The Morgan fingerprint density at radius 1 is 1.55 bits per heavy atom. The smallest absolute Gasteiger partial charge is 0.323 e. The van der Waals surface area contributed by atoms with Gasteiger partial charge in [-0.2, -0.15) is 5.11 Å². The van der Waals surface area contributed by atoms with Crippen LogP contribution in [-0.4, -0.2) is 29.3 Å². The van der Waals surface area contributed by atoms with Gasteiger partial charge in [-0.1, -0.05) is 0 Å². The molecule has 0 radical (unpaired) electrons. The zero-order chi connectivity index (χ0) is 8.43. The first-order chi connectivity index (χ1) is 5.15. The van der Waals surface area contributed by atoms with Crippen molar-refractivity contribution in [3.63, 3.8) is 0 Å². The molecule has 2 unspecified atom stereocenters. The lowest BCUT2D eigenvalue weighted by molar-refractivity contribution is -0.125. The first kappa shape index (κ1) is 7.61. The fourth-order valence-electron chi connectivity index (χ4n) is 0.708. The normalized spacial score (nSPS) is 30.6. The average Bonchev–Trinajstić information content (AvgIpc) is 1.85. The average molecular weight is 158 g/mol. The largest absolute Gasteiger partial charge is 0.371 e. The Kier molecular flexibility index (Phi) is 1.81. The Hall–Kier alpha value is -1.50. The number of aliphatic hydroxyl groups is 1. The van der Waals surface area contributed by atoms with E-state index in [1.165, 1.54) is 0 Å². The van der Waals surface area contributed by atoms with Crippen molar-refractivity contribution < 1.29 is 14.7 Å². The summed E-state index contributed by atoms with van der Waals surface area (Å²) < 4.78 is 0. The molecular weight excluding hydrogens is 152 g/mol. The highest BCUT2D eigenvalue weighted by molar-refractivity contribution is 6.00. The first-order valence-electron chi connectivity index (χ1n) is 2.81. The van der Waals surface area contributed by atoms with Gasteiger partial charge in [0.1, 0.15) is 0 Å². The summed E-state index contributed by atoms with van der Waals surface area (Å²) in [5, 5.41) is 15.6. The molecule has 7 nitrogen and oxygen atoms in total. The van der Waals surface area contributed by atoms with Crippen molar-refractivity contribution in [2.75, 3.05) is 0 Å². The van der Waals surface area contributed by atoms with Gasteiger partial charge in [-0.05, 0) is 0 Å². The molecule has 0 spiro atoms. The lowest BCUT2D eigenvalue weighted by atomic mass is 10.2. The molecule has 1 aliphatic rings. The van der Waals surface area contributed by atoms with Crippen LogP contribution in [0.3, 0.4) is 0 Å². The van der Waals surface area contributed by atoms with E-state index >= 15 is 0 Å². The summed E-state index contributed by atoms with van der Waals surface area (Å²) in [5.41, 5.74) is 6.48. The quantitative estimate of drug-likeness (QED) is 0.349. The van der Waals surface area contributed by atoms with Crippen molar-refractivity contribution in [1.82, 2.24) is 10.6 Å². The van der Waals surface area contributed by atoms with E-state index in [0.29, 0.717) is 0 Å². The maximum atomic E-state index is 10.7. The third-order valence-corrected chi connectivity index (χ3v) is 1.22. The summed E-state index contributed by atoms with van der Waals surface area (Å²) in [5.74, 6) is -0.767. The summed E-state index contributed by atoms with van der Waals surface area (Å²) in [7, 11) is 0. The Morgan fingerprint density at radius 3 is 2.64 bits per heavy atom. The van der Waals surface area contributed by atoms with Crippen LogP contribution in [0.15, 0.2) is 5.11 Å². The van der Waals surface area contributed by atoms with E-state index < -0.39 is 24.2 Å². The minimum atomic E-state index is -1.39. The molecule has 1 saturated heterocycles. The van der Waals surface area contributed by atoms with E-state index in [-0.39, 0.29) is 0 Å². The van der Waals surface area contributed by atoms with Crippen molar-refractivity contribution in [2.45, 2.75) is 12.3 Å². The van der Waals surface area contributed by atoms with Crippen LogP contribution in [0.2, 0.25) is 0 Å². The number of hydrogen-bond acceptors (Lipinski definition) is 5. The molecule has 0 saturated carbocycles. The third kappa shape index (κ3) is 1.32. The number of imide groups is 1. The standard InChI is InChI=1S/C4H6N4O3/c5-8-1-2(9)6-4(11)7-3(1)10/h1-2,5,9H,(H2,6,7,10,11). The number of urea groups is 1. The summed E-state index contributed by atoms with van der Waals surface area (Å²) in [6, 6.07) is -2.00. The molecule has 0 aromatic heterocycles. The lowest BCUT2D eigenvalue weighted by Gasteiger charge is -2.23. The van der Waals surface area contributed by atoms with Gasteiger partial charge in [0.2, 0.25) is 0 Å². The minimum Gasteiger partial charge on any atom is -0.371 e. The van der Waals surface area contributed by atoms with E-state index in [1.54, 1.807) is 0 Å². The molecule has 0 aromatic rings.